The number of nitrogen functional groups attached to an aromatic ring is 1. The Balaban J connectivity index is 1.92. The summed E-state index contributed by atoms with van der Waals surface area (Å²) in [5.74, 6) is 0.569. The third-order valence-corrected chi connectivity index (χ3v) is 3.34. The van der Waals surface area contributed by atoms with Crippen LogP contribution in [0.3, 0.4) is 0 Å². The average molecular weight is 288 g/mol. The lowest BCUT2D eigenvalue weighted by molar-refractivity contribution is -0.113. The Morgan fingerprint density at radius 2 is 2.10 bits per heavy atom. The molecule has 5 nitrogen and oxygen atoms in total. The Kier molecular flexibility index (Phi) is 4.57. The van der Waals surface area contributed by atoms with Crippen LogP contribution in [0.2, 0.25) is 0 Å². The molecule has 0 saturated carbocycles. The quantitative estimate of drug-likeness (QED) is 0.667. The van der Waals surface area contributed by atoms with Gasteiger partial charge < -0.3 is 11.1 Å². The van der Waals surface area contributed by atoms with E-state index in [4.69, 9.17) is 5.73 Å². The number of thioether (sulfide) groups is 1. The molecule has 0 fully saturated rings. The van der Waals surface area contributed by atoms with Gasteiger partial charge in [-0.3, -0.25) is 4.79 Å². The van der Waals surface area contributed by atoms with Crippen LogP contribution in [0.15, 0.2) is 35.5 Å². The zero-order valence-electron chi connectivity index (χ0n) is 11.4. The molecule has 2 rings (SSSR count). The molecule has 0 aliphatic heterocycles. The molecule has 0 atom stereocenters. The average Bonchev–Trinajstić information content (AvgIpc) is 2.35. The summed E-state index contributed by atoms with van der Waals surface area (Å²) in [7, 11) is 0. The number of nitrogens with zero attached hydrogens (tertiary/aromatic N) is 2. The van der Waals surface area contributed by atoms with Crippen LogP contribution in [0.25, 0.3) is 0 Å². The predicted octanol–water partition coefficient (Wildman–Crippen LogP) is 2.41. The van der Waals surface area contributed by atoms with Crippen molar-refractivity contribution in [3.05, 3.63) is 41.6 Å². The number of hydrogen-bond donors (Lipinski definition) is 2. The van der Waals surface area contributed by atoms with Gasteiger partial charge >= 0.3 is 0 Å². The van der Waals surface area contributed by atoms with Gasteiger partial charge in [-0.25, -0.2) is 9.97 Å². The van der Waals surface area contributed by atoms with E-state index >= 15 is 0 Å². The number of rotatable bonds is 4. The lowest BCUT2D eigenvalue weighted by Gasteiger charge is -2.06. The third kappa shape index (κ3) is 4.24. The number of aryl methyl sites for hydroxylation is 2. The zero-order valence-corrected chi connectivity index (χ0v) is 12.2. The molecule has 1 amide bonds. The van der Waals surface area contributed by atoms with Crippen LogP contribution in [-0.4, -0.2) is 21.6 Å². The second-order valence-corrected chi connectivity index (χ2v) is 5.37. The van der Waals surface area contributed by atoms with Crippen molar-refractivity contribution in [1.82, 2.24) is 9.97 Å². The molecular formula is C14H16N4OS. The number of amides is 1. The predicted molar refractivity (Wildman–Crippen MR) is 81.7 cm³/mol. The van der Waals surface area contributed by atoms with Crippen LogP contribution in [-0.2, 0) is 4.79 Å². The van der Waals surface area contributed by atoms with E-state index in [1.807, 2.05) is 38.1 Å². The first-order chi connectivity index (χ1) is 9.52. The number of nitrogens with one attached hydrogen (secondary N) is 1. The summed E-state index contributed by atoms with van der Waals surface area (Å²) in [5, 5.41) is 3.35. The van der Waals surface area contributed by atoms with Gasteiger partial charge in [-0.05, 0) is 31.5 Å². The second-order valence-electron chi connectivity index (χ2n) is 4.42. The molecular weight excluding hydrogens is 272 g/mol. The number of anilines is 2. The van der Waals surface area contributed by atoms with Gasteiger partial charge in [0.25, 0.3) is 0 Å². The number of nitrogens with two attached hydrogens (primary N) is 1. The molecule has 0 saturated heterocycles. The van der Waals surface area contributed by atoms with E-state index < -0.39 is 0 Å². The van der Waals surface area contributed by atoms with Crippen LogP contribution in [0.5, 0.6) is 0 Å². The van der Waals surface area contributed by atoms with Crippen LogP contribution < -0.4 is 11.1 Å². The third-order valence-electron chi connectivity index (χ3n) is 2.49. The molecule has 3 N–H and O–H groups in total. The standard InChI is InChI=1S/C14H16N4OS/c1-9-4-3-5-11(6-9)17-13(19)8-20-14-16-10(2)7-12(15)18-14/h3-7H,8H2,1-2H3,(H,17,19)(H2,15,16,18). The minimum Gasteiger partial charge on any atom is -0.384 e. The first-order valence-electron chi connectivity index (χ1n) is 6.13. The van der Waals surface area contributed by atoms with Gasteiger partial charge in [0.2, 0.25) is 5.91 Å². The largest absolute Gasteiger partial charge is 0.384 e. The van der Waals surface area contributed by atoms with Gasteiger partial charge in [0.1, 0.15) is 5.82 Å². The van der Waals surface area contributed by atoms with Crippen LogP contribution in [0.4, 0.5) is 11.5 Å². The Labute approximate surface area is 122 Å². The van der Waals surface area contributed by atoms with E-state index in [1.54, 1.807) is 6.07 Å². The molecule has 0 aliphatic carbocycles. The Bertz CT molecular complexity index is 610. The maximum atomic E-state index is 11.8. The summed E-state index contributed by atoms with van der Waals surface area (Å²) in [6.45, 7) is 3.82. The number of carbonyl (C=O) groups is 1. The highest BCUT2D eigenvalue weighted by Gasteiger charge is 2.06. The van der Waals surface area contributed by atoms with Gasteiger partial charge in [0, 0.05) is 17.4 Å². The molecule has 2 aromatic rings. The summed E-state index contributed by atoms with van der Waals surface area (Å²) >= 11 is 1.27. The number of aromatic nitrogens is 2. The van der Waals surface area contributed by atoms with Gasteiger partial charge in [-0.15, -0.1) is 0 Å². The first-order valence-corrected chi connectivity index (χ1v) is 7.12. The molecule has 0 aliphatic rings. The normalized spacial score (nSPS) is 10.3. The Morgan fingerprint density at radius 3 is 2.80 bits per heavy atom. The molecule has 1 aromatic carbocycles. The molecule has 6 heteroatoms. The molecule has 0 spiro atoms. The summed E-state index contributed by atoms with van der Waals surface area (Å²) in [6, 6.07) is 9.35. The molecule has 0 radical (unpaired) electrons. The highest BCUT2D eigenvalue weighted by Crippen LogP contribution is 2.16. The number of hydrogen-bond acceptors (Lipinski definition) is 5. The molecule has 104 valence electrons. The van der Waals surface area contributed by atoms with Crippen molar-refractivity contribution in [2.24, 2.45) is 0 Å². The number of benzene rings is 1. The minimum absolute atomic E-state index is 0.0933. The maximum Gasteiger partial charge on any atom is 0.234 e. The first kappa shape index (κ1) is 14.3. The van der Waals surface area contributed by atoms with Crippen molar-refractivity contribution in [1.29, 1.82) is 0 Å². The fraction of sp³-hybridized carbons (Fsp3) is 0.214. The van der Waals surface area contributed by atoms with Crippen molar-refractivity contribution in [2.45, 2.75) is 19.0 Å². The van der Waals surface area contributed by atoms with Crippen molar-refractivity contribution >= 4 is 29.2 Å². The number of carbonyl (C=O) groups excluding carboxylic acids is 1. The van der Waals surface area contributed by atoms with Crippen LogP contribution in [0, 0.1) is 13.8 Å². The zero-order chi connectivity index (χ0) is 14.5. The maximum absolute atomic E-state index is 11.8. The van der Waals surface area contributed by atoms with Crippen molar-refractivity contribution in [2.75, 3.05) is 16.8 Å². The van der Waals surface area contributed by atoms with E-state index in [2.05, 4.69) is 15.3 Å². The van der Waals surface area contributed by atoms with Crippen molar-refractivity contribution in [3.63, 3.8) is 0 Å². The van der Waals surface area contributed by atoms with Crippen LogP contribution in [0.1, 0.15) is 11.3 Å². The van der Waals surface area contributed by atoms with E-state index in [9.17, 15) is 4.79 Å². The highest BCUT2D eigenvalue weighted by molar-refractivity contribution is 7.99. The lowest BCUT2D eigenvalue weighted by atomic mass is 10.2. The van der Waals surface area contributed by atoms with E-state index in [-0.39, 0.29) is 11.7 Å². The summed E-state index contributed by atoms with van der Waals surface area (Å²) in [5.41, 5.74) is 8.33. The Morgan fingerprint density at radius 1 is 1.30 bits per heavy atom. The van der Waals surface area contributed by atoms with E-state index in [1.165, 1.54) is 11.8 Å². The highest BCUT2D eigenvalue weighted by atomic mass is 32.2. The van der Waals surface area contributed by atoms with Crippen molar-refractivity contribution in [3.8, 4) is 0 Å². The summed E-state index contributed by atoms with van der Waals surface area (Å²) in [4.78, 5) is 20.1. The SMILES string of the molecule is Cc1cccc(NC(=O)CSc2nc(C)cc(N)n2)c1. The minimum atomic E-state index is -0.0933. The fourth-order valence-corrected chi connectivity index (χ4v) is 2.39. The molecule has 20 heavy (non-hydrogen) atoms. The van der Waals surface area contributed by atoms with Gasteiger partial charge in [-0.2, -0.15) is 0 Å². The molecule has 1 heterocycles. The van der Waals surface area contributed by atoms with Gasteiger partial charge in [0.05, 0.1) is 5.75 Å². The molecule has 0 unspecified atom stereocenters. The molecule has 1 aromatic heterocycles. The van der Waals surface area contributed by atoms with Crippen LogP contribution >= 0.6 is 11.8 Å². The van der Waals surface area contributed by atoms with Crippen molar-refractivity contribution < 1.29 is 4.79 Å². The smallest absolute Gasteiger partial charge is 0.234 e. The summed E-state index contributed by atoms with van der Waals surface area (Å²) in [6.07, 6.45) is 0. The van der Waals surface area contributed by atoms with Gasteiger partial charge in [-0.1, -0.05) is 23.9 Å². The summed E-state index contributed by atoms with van der Waals surface area (Å²) < 4.78 is 0. The second kappa shape index (κ2) is 6.38. The Hall–Kier alpha value is -2.08. The topological polar surface area (TPSA) is 80.9 Å². The van der Waals surface area contributed by atoms with Gasteiger partial charge in [0.15, 0.2) is 5.16 Å². The lowest BCUT2D eigenvalue weighted by Crippen LogP contribution is -2.14. The molecule has 0 bridgehead atoms. The van der Waals surface area contributed by atoms with E-state index in [0.717, 1.165) is 16.9 Å². The van der Waals surface area contributed by atoms with E-state index in [0.29, 0.717) is 11.0 Å². The fourth-order valence-electron chi connectivity index (χ4n) is 1.68. The monoisotopic (exact) mass is 288 g/mol.